The molecule has 29 heavy (non-hydrogen) atoms. The second kappa shape index (κ2) is 6.55. The molecule has 1 atom stereocenters. The molecule has 4 amide bonds. The van der Waals surface area contributed by atoms with Gasteiger partial charge in [0, 0.05) is 17.4 Å². The van der Waals surface area contributed by atoms with E-state index < -0.39 is 17.5 Å². The Kier molecular flexibility index (Phi) is 4.09. The number of rotatable bonds is 5. The van der Waals surface area contributed by atoms with Crippen molar-refractivity contribution in [3.8, 4) is 17.0 Å². The number of imide groups is 1. The quantitative estimate of drug-likeness (QED) is 0.735. The fourth-order valence-corrected chi connectivity index (χ4v) is 4.64. The first-order chi connectivity index (χ1) is 13.9. The van der Waals surface area contributed by atoms with Gasteiger partial charge >= 0.3 is 6.03 Å². The number of nitrogens with zero attached hydrogens (tertiary/aromatic N) is 2. The van der Waals surface area contributed by atoms with Crippen LogP contribution in [0, 0.1) is 5.92 Å². The molecule has 0 spiro atoms. The summed E-state index contributed by atoms with van der Waals surface area (Å²) < 4.78 is 5.52. The van der Waals surface area contributed by atoms with Crippen LogP contribution in [-0.2, 0) is 16.0 Å². The zero-order valence-corrected chi connectivity index (χ0v) is 16.7. The molecule has 9 heteroatoms. The molecule has 0 radical (unpaired) electrons. The van der Waals surface area contributed by atoms with E-state index in [0.717, 1.165) is 46.7 Å². The second-order valence-electron chi connectivity index (χ2n) is 7.81. The Labute approximate surface area is 171 Å². The number of fused-ring (bicyclic) bond motifs is 1. The number of benzene rings is 1. The van der Waals surface area contributed by atoms with E-state index in [9.17, 15) is 14.4 Å². The van der Waals surface area contributed by atoms with Crippen LogP contribution in [0.5, 0.6) is 5.75 Å². The Morgan fingerprint density at radius 1 is 1.41 bits per heavy atom. The SMILES string of the molecule is CC1(C2CC2)NC(=O)N(CC(=O)Nc2nc(-c3ccc4c(c3)CCO4)cs2)C1=O. The molecule has 1 saturated carbocycles. The van der Waals surface area contributed by atoms with E-state index in [1.165, 1.54) is 11.3 Å². The molecule has 2 aliphatic heterocycles. The summed E-state index contributed by atoms with van der Waals surface area (Å²) in [7, 11) is 0. The molecule has 1 unspecified atom stereocenters. The molecule has 2 N–H and O–H groups in total. The van der Waals surface area contributed by atoms with Crippen LogP contribution < -0.4 is 15.4 Å². The number of carbonyl (C=O) groups excluding carboxylic acids is 3. The van der Waals surface area contributed by atoms with Crippen LogP contribution in [0.3, 0.4) is 0 Å². The molecule has 5 rings (SSSR count). The van der Waals surface area contributed by atoms with Crippen LogP contribution in [0.25, 0.3) is 11.3 Å². The zero-order chi connectivity index (χ0) is 20.2. The average molecular weight is 412 g/mol. The Morgan fingerprint density at radius 3 is 3.03 bits per heavy atom. The molecule has 1 aliphatic carbocycles. The number of urea groups is 1. The molecule has 2 fully saturated rings. The Bertz CT molecular complexity index is 1030. The number of aromatic nitrogens is 1. The van der Waals surface area contributed by atoms with Crippen LogP contribution in [0.4, 0.5) is 9.93 Å². The van der Waals surface area contributed by atoms with E-state index in [1.54, 1.807) is 6.92 Å². The summed E-state index contributed by atoms with van der Waals surface area (Å²) in [5, 5.41) is 7.73. The summed E-state index contributed by atoms with van der Waals surface area (Å²) in [6.45, 7) is 2.11. The monoisotopic (exact) mass is 412 g/mol. The highest BCUT2D eigenvalue weighted by Crippen LogP contribution is 2.42. The number of ether oxygens (including phenoxy) is 1. The highest BCUT2D eigenvalue weighted by atomic mass is 32.1. The summed E-state index contributed by atoms with van der Waals surface area (Å²) >= 11 is 1.30. The smallest absolute Gasteiger partial charge is 0.325 e. The van der Waals surface area contributed by atoms with Gasteiger partial charge in [-0.2, -0.15) is 0 Å². The van der Waals surface area contributed by atoms with E-state index in [1.807, 2.05) is 17.5 Å². The van der Waals surface area contributed by atoms with Gasteiger partial charge in [-0.1, -0.05) is 0 Å². The molecular formula is C20H20N4O4S. The highest BCUT2D eigenvalue weighted by Gasteiger charge is 2.56. The molecule has 1 aromatic heterocycles. The van der Waals surface area contributed by atoms with Crippen molar-refractivity contribution in [2.24, 2.45) is 5.92 Å². The summed E-state index contributed by atoms with van der Waals surface area (Å²) in [6.07, 6.45) is 2.71. The van der Waals surface area contributed by atoms with E-state index >= 15 is 0 Å². The number of nitrogens with one attached hydrogen (secondary N) is 2. The minimum atomic E-state index is -0.886. The topological polar surface area (TPSA) is 101 Å². The second-order valence-corrected chi connectivity index (χ2v) is 8.66. The van der Waals surface area contributed by atoms with Crippen molar-refractivity contribution in [3.05, 3.63) is 29.1 Å². The van der Waals surface area contributed by atoms with Gasteiger partial charge in [0.1, 0.15) is 17.8 Å². The normalized spacial score (nSPS) is 23.0. The van der Waals surface area contributed by atoms with Crippen molar-refractivity contribution in [2.75, 3.05) is 18.5 Å². The maximum atomic E-state index is 12.6. The van der Waals surface area contributed by atoms with Gasteiger partial charge in [0.25, 0.3) is 5.91 Å². The van der Waals surface area contributed by atoms with Crippen molar-refractivity contribution < 1.29 is 19.1 Å². The predicted octanol–water partition coefficient (Wildman–Crippen LogP) is 2.40. The van der Waals surface area contributed by atoms with Gasteiger partial charge in [-0.25, -0.2) is 9.78 Å². The number of amides is 4. The standard InChI is InChI=1S/C20H20N4O4S/c1-20(13-3-4-13)17(26)24(19(27)23-20)9-16(25)22-18-21-14(10-29-18)11-2-5-15-12(8-11)6-7-28-15/h2,5,8,10,13H,3-4,6-7,9H2,1H3,(H,23,27)(H,21,22,25). The lowest BCUT2D eigenvalue weighted by atomic mass is 9.96. The van der Waals surface area contributed by atoms with Gasteiger partial charge in [0.05, 0.1) is 12.3 Å². The summed E-state index contributed by atoms with van der Waals surface area (Å²) in [4.78, 5) is 42.7. The van der Waals surface area contributed by atoms with E-state index in [2.05, 4.69) is 21.7 Å². The van der Waals surface area contributed by atoms with Gasteiger partial charge in [0.2, 0.25) is 5.91 Å². The third kappa shape index (κ3) is 3.15. The van der Waals surface area contributed by atoms with Crippen LogP contribution in [0.2, 0.25) is 0 Å². The van der Waals surface area contributed by atoms with E-state index in [4.69, 9.17) is 4.74 Å². The molecule has 1 aromatic carbocycles. The van der Waals surface area contributed by atoms with Gasteiger partial charge in [0.15, 0.2) is 5.13 Å². The first-order valence-electron chi connectivity index (χ1n) is 9.59. The molecule has 0 bridgehead atoms. The number of anilines is 1. The van der Waals surface area contributed by atoms with Gasteiger partial charge in [-0.15, -0.1) is 11.3 Å². The first kappa shape index (κ1) is 18.1. The Morgan fingerprint density at radius 2 is 2.24 bits per heavy atom. The lowest BCUT2D eigenvalue weighted by Gasteiger charge is -2.20. The highest BCUT2D eigenvalue weighted by molar-refractivity contribution is 7.14. The molecule has 2 aromatic rings. The van der Waals surface area contributed by atoms with Gasteiger partial charge < -0.3 is 15.4 Å². The summed E-state index contributed by atoms with van der Waals surface area (Å²) in [5.41, 5.74) is 1.98. The van der Waals surface area contributed by atoms with E-state index in [-0.39, 0.29) is 18.4 Å². The maximum absolute atomic E-state index is 12.6. The van der Waals surface area contributed by atoms with Crippen molar-refractivity contribution >= 4 is 34.3 Å². The first-order valence-corrected chi connectivity index (χ1v) is 10.5. The Balaban J connectivity index is 1.25. The minimum absolute atomic E-state index is 0.159. The van der Waals surface area contributed by atoms with Gasteiger partial charge in [-0.05, 0) is 49.4 Å². The van der Waals surface area contributed by atoms with Gasteiger partial charge in [-0.3, -0.25) is 14.5 Å². The average Bonchev–Trinajstić information content (AvgIpc) is 3.21. The van der Waals surface area contributed by atoms with Crippen molar-refractivity contribution in [1.82, 2.24) is 15.2 Å². The summed E-state index contributed by atoms with van der Waals surface area (Å²) in [6, 6.07) is 5.41. The predicted molar refractivity (Wildman–Crippen MR) is 107 cm³/mol. The van der Waals surface area contributed by atoms with Crippen molar-refractivity contribution in [3.63, 3.8) is 0 Å². The molecule has 3 heterocycles. The molecule has 3 aliphatic rings. The number of hydrogen-bond acceptors (Lipinski definition) is 6. The zero-order valence-electron chi connectivity index (χ0n) is 15.9. The van der Waals surface area contributed by atoms with Crippen molar-refractivity contribution in [1.29, 1.82) is 0 Å². The van der Waals surface area contributed by atoms with Crippen LogP contribution in [0.15, 0.2) is 23.6 Å². The van der Waals surface area contributed by atoms with Crippen LogP contribution in [-0.4, -0.2) is 46.4 Å². The number of carbonyl (C=O) groups is 3. The molecule has 1 saturated heterocycles. The largest absolute Gasteiger partial charge is 0.493 e. The van der Waals surface area contributed by atoms with E-state index in [0.29, 0.717) is 11.7 Å². The van der Waals surface area contributed by atoms with Crippen LogP contribution >= 0.6 is 11.3 Å². The fraction of sp³-hybridized carbons (Fsp3) is 0.400. The third-order valence-electron chi connectivity index (χ3n) is 5.73. The van der Waals surface area contributed by atoms with Crippen molar-refractivity contribution in [2.45, 2.75) is 31.7 Å². The molecular weight excluding hydrogens is 392 g/mol. The third-order valence-corrected chi connectivity index (χ3v) is 6.49. The lowest BCUT2D eigenvalue weighted by molar-refractivity contribution is -0.134. The Hall–Kier alpha value is -2.94. The molecule has 8 nitrogen and oxygen atoms in total. The fourth-order valence-electron chi connectivity index (χ4n) is 3.91. The number of hydrogen-bond donors (Lipinski definition) is 2. The summed E-state index contributed by atoms with van der Waals surface area (Å²) in [5.74, 6) is 0.285. The number of thiazole rings is 1. The molecule has 150 valence electrons. The minimum Gasteiger partial charge on any atom is -0.493 e. The lowest BCUT2D eigenvalue weighted by Crippen LogP contribution is -2.46. The maximum Gasteiger partial charge on any atom is 0.325 e. The van der Waals surface area contributed by atoms with Crippen LogP contribution in [0.1, 0.15) is 25.3 Å².